The van der Waals surface area contributed by atoms with Crippen molar-refractivity contribution in [2.75, 3.05) is 20.6 Å². The van der Waals surface area contributed by atoms with E-state index < -0.39 is 0 Å². The molecule has 0 aromatic carbocycles. The summed E-state index contributed by atoms with van der Waals surface area (Å²) in [5.74, 6) is -0.438. The standard InChI is InChI=1S/C8H12N4O2/c1-9-7(13)5-12(2)8(14)6-3-10-11-4-6/h3-4H,5H2,1-2H3,(H,9,13)(H,10,11). The van der Waals surface area contributed by atoms with Crippen molar-refractivity contribution in [2.24, 2.45) is 0 Å². The zero-order valence-corrected chi connectivity index (χ0v) is 8.07. The third-order valence-corrected chi connectivity index (χ3v) is 1.75. The summed E-state index contributed by atoms with van der Waals surface area (Å²) in [6.07, 6.45) is 2.91. The summed E-state index contributed by atoms with van der Waals surface area (Å²) in [6, 6.07) is 0. The molecule has 6 heteroatoms. The molecule has 14 heavy (non-hydrogen) atoms. The second-order valence-electron chi connectivity index (χ2n) is 2.82. The molecule has 1 heterocycles. The van der Waals surface area contributed by atoms with Gasteiger partial charge in [-0.25, -0.2) is 0 Å². The van der Waals surface area contributed by atoms with Crippen LogP contribution in [0, 0.1) is 0 Å². The van der Waals surface area contributed by atoms with Crippen LogP contribution in [0.2, 0.25) is 0 Å². The first-order valence-corrected chi connectivity index (χ1v) is 4.10. The largest absolute Gasteiger partial charge is 0.358 e. The van der Waals surface area contributed by atoms with Crippen molar-refractivity contribution in [2.45, 2.75) is 0 Å². The fourth-order valence-corrected chi connectivity index (χ4v) is 0.955. The van der Waals surface area contributed by atoms with E-state index in [0.717, 1.165) is 0 Å². The van der Waals surface area contributed by atoms with Gasteiger partial charge in [-0.2, -0.15) is 5.10 Å². The van der Waals surface area contributed by atoms with Gasteiger partial charge in [0.1, 0.15) is 0 Å². The Labute approximate surface area is 81.3 Å². The van der Waals surface area contributed by atoms with Crippen LogP contribution >= 0.6 is 0 Å². The highest BCUT2D eigenvalue weighted by atomic mass is 16.2. The molecule has 2 N–H and O–H groups in total. The Hall–Kier alpha value is -1.85. The molecule has 0 unspecified atom stereocenters. The molecule has 1 rings (SSSR count). The minimum absolute atomic E-state index is 0.0422. The zero-order chi connectivity index (χ0) is 10.6. The summed E-state index contributed by atoms with van der Waals surface area (Å²) in [5.41, 5.74) is 0.441. The first-order valence-electron chi connectivity index (χ1n) is 4.10. The first kappa shape index (κ1) is 10.2. The number of amides is 2. The average Bonchev–Trinajstić information content (AvgIpc) is 2.69. The van der Waals surface area contributed by atoms with E-state index in [2.05, 4.69) is 15.5 Å². The van der Waals surface area contributed by atoms with E-state index in [1.807, 2.05) is 0 Å². The molecule has 0 radical (unpaired) electrons. The second kappa shape index (κ2) is 4.40. The maximum Gasteiger partial charge on any atom is 0.257 e. The predicted molar refractivity (Wildman–Crippen MR) is 49.6 cm³/mol. The van der Waals surface area contributed by atoms with Crippen LogP contribution in [0.1, 0.15) is 10.4 Å². The lowest BCUT2D eigenvalue weighted by molar-refractivity contribution is -0.121. The van der Waals surface area contributed by atoms with Crippen LogP contribution in [-0.2, 0) is 4.79 Å². The van der Waals surface area contributed by atoms with Gasteiger partial charge >= 0.3 is 0 Å². The minimum atomic E-state index is -0.234. The molecule has 0 aliphatic carbocycles. The number of aromatic nitrogens is 2. The van der Waals surface area contributed by atoms with Crippen LogP contribution < -0.4 is 5.32 Å². The van der Waals surface area contributed by atoms with Crippen LogP contribution in [0.5, 0.6) is 0 Å². The van der Waals surface area contributed by atoms with Crippen molar-refractivity contribution in [3.05, 3.63) is 18.0 Å². The quantitative estimate of drug-likeness (QED) is 0.666. The molecule has 0 aliphatic rings. The Balaban J connectivity index is 2.58. The average molecular weight is 196 g/mol. The van der Waals surface area contributed by atoms with Gasteiger partial charge in [0.25, 0.3) is 5.91 Å². The van der Waals surface area contributed by atoms with Crippen LogP contribution in [0.4, 0.5) is 0 Å². The second-order valence-corrected chi connectivity index (χ2v) is 2.82. The number of rotatable bonds is 3. The molecule has 0 atom stereocenters. The van der Waals surface area contributed by atoms with Gasteiger partial charge < -0.3 is 10.2 Å². The maximum absolute atomic E-state index is 11.5. The summed E-state index contributed by atoms with van der Waals surface area (Å²) in [5, 5.41) is 8.63. The van der Waals surface area contributed by atoms with Gasteiger partial charge in [0, 0.05) is 20.3 Å². The molecule has 1 aromatic rings. The van der Waals surface area contributed by atoms with E-state index in [0.29, 0.717) is 5.56 Å². The van der Waals surface area contributed by atoms with Crippen molar-refractivity contribution in [3.63, 3.8) is 0 Å². The highest BCUT2D eigenvalue weighted by molar-refractivity contribution is 5.95. The number of nitrogens with zero attached hydrogens (tertiary/aromatic N) is 2. The van der Waals surface area contributed by atoms with Crippen molar-refractivity contribution >= 4 is 11.8 Å². The number of H-pyrrole nitrogens is 1. The summed E-state index contributed by atoms with van der Waals surface area (Å²) >= 11 is 0. The lowest BCUT2D eigenvalue weighted by Crippen LogP contribution is -2.36. The van der Waals surface area contributed by atoms with E-state index in [4.69, 9.17) is 0 Å². The van der Waals surface area contributed by atoms with Gasteiger partial charge in [-0.3, -0.25) is 14.7 Å². The van der Waals surface area contributed by atoms with Gasteiger partial charge in [0.05, 0.1) is 18.3 Å². The van der Waals surface area contributed by atoms with E-state index in [9.17, 15) is 9.59 Å². The smallest absolute Gasteiger partial charge is 0.257 e. The highest BCUT2D eigenvalue weighted by Gasteiger charge is 2.14. The monoisotopic (exact) mass is 196 g/mol. The van der Waals surface area contributed by atoms with Crippen molar-refractivity contribution in [1.82, 2.24) is 20.4 Å². The number of carbonyl (C=O) groups is 2. The molecule has 1 aromatic heterocycles. The number of likely N-dealkylation sites (N-methyl/N-ethyl adjacent to an activating group) is 2. The molecule has 0 bridgehead atoms. The van der Waals surface area contributed by atoms with E-state index >= 15 is 0 Å². The van der Waals surface area contributed by atoms with Gasteiger partial charge in [0.15, 0.2) is 0 Å². The number of aromatic amines is 1. The van der Waals surface area contributed by atoms with Crippen LogP contribution in [-0.4, -0.2) is 47.6 Å². The molecule has 0 fully saturated rings. The van der Waals surface area contributed by atoms with Crippen molar-refractivity contribution in [3.8, 4) is 0 Å². The summed E-state index contributed by atoms with van der Waals surface area (Å²) in [4.78, 5) is 23.8. The number of hydrogen-bond acceptors (Lipinski definition) is 3. The summed E-state index contributed by atoms with van der Waals surface area (Å²) < 4.78 is 0. The molecule has 0 spiro atoms. The van der Waals surface area contributed by atoms with Gasteiger partial charge in [-0.05, 0) is 0 Å². The van der Waals surface area contributed by atoms with Gasteiger partial charge in [-0.15, -0.1) is 0 Å². The van der Waals surface area contributed by atoms with Gasteiger partial charge in [-0.1, -0.05) is 0 Å². The predicted octanol–water partition coefficient (Wildman–Crippen LogP) is -0.772. The topological polar surface area (TPSA) is 78.1 Å². The Kier molecular flexibility index (Phi) is 3.22. The van der Waals surface area contributed by atoms with Crippen molar-refractivity contribution in [1.29, 1.82) is 0 Å². The normalized spacial score (nSPS) is 9.57. The zero-order valence-electron chi connectivity index (χ0n) is 8.07. The Morgan fingerprint density at radius 2 is 2.36 bits per heavy atom. The summed E-state index contributed by atoms with van der Waals surface area (Å²) in [7, 11) is 3.09. The third-order valence-electron chi connectivity index (χ3n) is 1.75. The Morgan fingerprint density at radius 3 is 2.86 bits per heavy atom. The molecular formula is C8H12N4O2. The number of carbonyl (C=O) groups excluding carboxylic acids is 2. The SMILES string of the molecule is CNC(=O)CN(C)C(=O)c1cn[nH]c1. The maximum atomic E-state index is 11.5. The fraction of sp³-hybridized carbons (Fsp3) is 0.375. The number of hydrogen-bond donors (Lipinski definition) is 2. The molecule has 6 nitrogen and oxygen atoms in total. The third kappa shape index (κ3) is 2.32. The van der Waals surface area contributed by atoms with Crippen LogP contribution in [0.15, 0.2) is 12.4 Å². The van der Waals surface area contributed by atoms with Gasteiger partial charge in [0.2, 0.25) is 5.91 Å². The lowest BCUT2D eigenvalue weighted by atomic mass is 10.3. The first-order chi connectivity index (χ1) is 6.65. The fourth-order valence-electron chi connectivity index (χ4n) is 0.955. The molecule has 0 aliphatic heterocycles. The van der Waals surface area contributed by atoms with Crippen LogP contribution in [0.25, 0.3) is 0 Å². The Morgan fingerprint density at radius 1 is 1.64 bits per heavy atom. The van der Waals surface area contributed by atoms with E-state index in [1.165, 1.54) is 24.3 Å². The van der Waals surface area contributed by atoms with Crippen LogP contribution in [0.3, 0.4) is 0 Å². The molecule has 0 saturated heterocycles. The molecule has 76 valence electrons. The minimum Gasteiger partial charge on any atom is -0.358 e. The van der Waals surface area contributed by atoms with Crippen molar-refractivity contribution < 1.29 is 9.59 Å². The highest BCUT2D eigenvalue weighted by Crippen LogP contribution is 1.99. The Bertz CT molecular complexity index is 320. The molecule has 2 amide bonds. The number of nitrogens with one attached hydrogen (secondary N) is 2. The molecular weight excluding hydrogens is 184 g/mol. The lowest BCUT2D eigenvalue weighted by Gasteiger charge is -2.14. The molecule has 0 saturated carbocycles. The summed E-state index contributed by atoms with van der Waals surface area (Å²) in [6.45, 7) is 0.0422. The van der Waals surface area contributed by atoms with E-state index in [1.54, 1.807) is 7.05 Å². The van der Waals surface area contributed by atoms with E-state index in [-0.39, 0.29) is 18.4 Å².